The highest BCUT2D eigenvalue weighted by Crippen LogP contribution is 2.14. The molecule has 0 spiro atoms. The third kappa shape index (κ3) is 4.19. The van der Waals surface area contributed by atoms with Crippen LogP contribution < -0.4 is 10.6 Å². The molecule has 0 fully saturated rings. The second kappa shape index (κ2) is 7.26. The summed E-state index contributed by atoms with van der Waals surface area (Å²) < 4.78 is 0. The van der Waals surface area contributed by atoms with Gasteiger partial charge in [-0.1, -0.05) is 12.1 Å². The summed E-state index contributed by atoms with van der Waals surface area (Å²) in [5.41, 5.74) is 0.888. The van der Waals surface area contributed by atoms with E-state index in [0.717, 1.165) is 0 Å². The van der Waals surface area contributed by atoms with Gasteiger partial charge in [0.25, 0.3) is 11.8 Å². The van der Waals surface area contributed by atoms with Gasteiger partial charge in [0.05, 0.1) is 5.56 Å². The van der Waals surface area contributed by atoms with Crippen LogP contribution in [0.25, 0.3) is 0 Å². The highest BCUT2D eigenvalue weighted by Gasteiger charge is 2.11. The summed E-state index contributed by atoms with van der Waals surface area (Å²) in [5, 5.41) is 14.8. The van der Waals surface area contributed by atoms with E-state index in [1.54, 1.807) is 12.1 Å². The molecule has 0 aliphatic rings. The average Bonchev–Trinajstić information content (AvgIpc) is 3.02. The fourth-order valence-corrected chi connectivity index (χ4v) is 1.94. The quantitative estimate of drug-likeness (QED) is 0.472. The van der Waals surface area contributed by atoms with E-state index in [2.05, 4.69) is 15.6 Å². The Morgan fingerprint density at radius 1 is 1.09 bits per heavy atom. The number of H-pyrrole nitrogens is 1. The van der Waals surface area contributed by atoms with Crippen molar-refractivity contribution in [2.24, 2.45) is 0 Å². The molecule has 23 heavy (non-hydrogen) atoms. The highest BCUT2D eigenvalue weighted by atomic mass is 16.3. The fourth-order valence-electron chi connectivity index (χ4n) is 1.94. The molecule has 2 aromatic rings. The fraction of sp³-hybridized carbons (Fsp3) is 0.188. The number of ketones is 1. The van der Waals surface area contributed by atoms with E-state index in [0.29, 0.717) is 5.56 Å². The molecule has 0 atom stereocenters. The number of aromatic nitrogens is 1. The third-order valence-corrected chi connectivity index (χ3v) is 3.18. The molecule has 2 rings (SSSR count). The van der Waals surface area contributed by atoms with Crippen molar-refractivity contribution < 1.29 is 19.5 Å². The summed E-state index contributed by atoms with van der Waals surface area (Å²) in [6.07, 6.45) is 1.47. The van der Waals surface area contributed by atoms with Crippen LogP contribution in [-0.4, -0.2) is 40.8 Å². The van der Waals surface area contributed by atoms with Gasteiger partial charge in [-0.05, 0) is 25.1 Å². The summed E-state index contributed by atoms with van der Waals surface area (Å²) in [6.45, 7) is 1.84. The Hall–Kier alpha value is -3.09. The van der Waals surface area contributed by atoms with Crippen LogP contribution in [-0.2, 0) is 0 Å². The van der Waals surface area contributed by atoms with Gasteiger partial charge in [-0.3, -0.25) is 14.4 Å². The lowest BCUT2D eigenvalue weighted by Gasteiger charge is -2.07. The van der Waals surface area contributed by atoms with Crippen molar-refractivity contribution in [1.29, 1.82) is 0 Å². The molecule has 1 aromatic heterocycles. The van der Waals surface area contributed by atoms with Gasteiger partial charge in [0.2, 0.25) is 0 Å². The molecule has 0 saturated heterocycles. The molecule has 2 amide bonds. The van der Waals surface area contributed by atoms with Crippen LogP contribution in [0, 0.1) is 0 Å². The number of benzene rings is 1. The maximum absolute atomic E-state index is 11.8. The first-order valence-electron chi connectivity index (χ1n) is 7.03. The summed E-state index contributed by atoms with van der Waals surface area (Å²) in [4.78, 5) is 37.5. The number of phenols is 1. The minimum Gasteiger partial charge on any atom is -0.507 e. The van der Waals surface area contributed by atoms with Crippen LogP contribution >= 0.6 is 0 Å². The standard InChI is InChI=1S/C16H17N3O4/c1-10(20)11-8-13(19-9-11)16(23)18-7-6-17-15(22)12-4-2-3-5-14(12)21/h2-5,8-9,19,21H,6-7H2,1H3,(H,17,22)(H,18,23). The highest BCUT2D eigenvalue weighted by molar-refractivity contribution is 5.99. The number of phenolic OH excluding ortho intramolecular Hbond substituents is 1. The minimum atomic E-state index is -0.420. The van der Waals surface area contributed by atoms with E-state index in [9.17, 15) is 19.5 Å². The van der Waals surface area contributed by atoms with E-state index >= 15 is 0 Å². The molecule has 7 heteroatoms. The van der Waals surface area contributed by atoms with Gasteiger partial charge >= 0.3 is 0 Å². The summed E-state index contributed by atoms with van der Waals surface area (Å²) >= 11 is 0. The predicted octanol–water partition coefficient (Wildman–Crippen LogP) is 1.08. The first kappa shape index (κ1) is 16.3. The smallest absolute Gasteiger partial charge is 0.267 e. The topological polar surface area (TPSA) is 111 Å². The maximum atomic E-state index is 11.8. The van der Waals surface area contributed by atoms with E-state index in [1.807, 2.05) is 0 Å². The van der Waals surface area contributed by atoms with E-state index < -0.39 is 5.91 Å². The second-order valence-corrected chi connectivity index (χ2v) is 4.89. The number of carbonyl (C=O) groups is 3. The van der Waals surface area contributed by atoms with Crippen molar-refractivity contribution in [2.75, 3.05) is 13.1 Å². The molecule has 120 valence electrons. The molecule has 1 aromatic carbocycles. The molecule has 0 aliphatic heterocycles. The molecule has 0 radical (unpaired) electrons. The largest absolute Gasteiger partial charge is 0.507 e. The van der Waals surface area contributed by atoms with Crippen molar-refractivity contribution >= 4 is 17.6 Å². The summed E-state index contributed by atoms with van der Waals surface area (Å²) in [5.74, 6) is -1.02. The number of hydrogen-bond acceptors (Lipinski definition) is 4. The number of carbonyl (C=O) groups excluding carboxylic acids is 3. The zero-order valence-corrected chi connectivity index (χ0v) is 12.6. The van der Waals surface area contributed by atoms with Crippen LogP contribution in [0.5, 0.6) is 5.75 Å². The Labute approximate surface area is 132 Å². The van der Waals surface area contributed by atoms with E-state index in [4.69, 9.17) is 0 Å². The summed E-state index contributed by atoms with van der Waals surface area (Å²) in [6, 6.07) is 7.67. The zero-order valence-electron chi connectivity index (χ0n) is 12.6. The minimum absolute atomic E-state index is 0.0998. The Bertz CT molecular complexity index is 736. The first-order valence-corrected chi connectivity index (χ1v) is 7.03. The lowest BCUT2D eigenvalue weighted by molar-refractivity contribution is 0.0924. The van der Waals surface area contributed by atoms with Crippen LogP contribution in [0.2, 0.25) is 0 Å². The van der Waals surface area contributed by atoms with Crippen molar-refractivity contribution in [3.8, 4) is 5.75 Å². The normalized spacial score (nSPS) is 10.1. The van der Waals surface area contributed by atoms with Crippen molar-refractivity contribution in [2.45, 2.75) is 6.92 Å². The number of Topliss-reactive ketones (excluding diaryl/α,β-unsaturated/α-hetero) is 1. The maximum Gasteiger partial charge on any atom is 0.267 e. The number of para-hydroxylation sites is 1. The molecule has 1 heterocycles. The zero-order chi connectivity index (χ0) is 16.8. The Kier molecular flexibility index (Phi) is 5.14. The second-order valence-electron chi connectivity index (χ2n) is 4.89. The average molecular weight is 315 g/mol. The first-order chi connectivity index (χ1) is 11.0. The van der Waals surface area contributed by atoms with Crippen LogP contribution in [0.3, 0.4) is 0 Å². The number of nitrogens with one attached hydrogen (secondary N) is 3. The Morgan fingerprint density at radius 2 is 1.74 bits per heavy atom. The molecule has 0 aliphatic carbocycles. The number of rotatable bonds is 6. The van der Waals surface area contributed by atoms with Crippen LogP contribution in [0.4, 0.5) is 0 Å². The molecular weight excluding hydrogens is 298 g/mol. The Balaban J connectivity index is 1.78. The molecule has 4 N–H and O–H groups in total. The molecule has 0 saturated carbocycles. The Morgan fingerprint density at radius 3 is 2.35 bits per heavy atom. The van der Waals surface area contributed by atoms with Crippen LogP contribution in [0.15, 0.2) is 36.5 Å². The number of hydrogen-bond donors (Lipinski definition) is 4. The van der Waals surface area contributed by atoms with Gasteiger partial charge < -0.3 is 20.7 Å². The molecule has 0 unspecified atom stereocenters. The lowest BCUT2D eigenvalue weighted by Crippen LogP contribution is -2.34. The van der Waals surface area contributed by atoms with Crippen molar-refractivity contribution in [1.82, 2.24) is 15.6 Å². The SMILES string of the molecule is CC(=O)c1c[nH]c(C(=O)NCCNC(=O)c2ccccc2O)c1. The molecule has 0 bridgehead atoms. The summed E-state index contributed by atoms with van der Waals surface area (Å²) in [7, 11) is 0. The van der Waals surface area contributed by atoms with Crippen LogP contribution in [0.1, 0.15) is 38.1 Å². The van der Waals surface area contributed by atoms with Gasteiger partial charge in [-0.2, -0.15) is 0 Å². The number of aromatic amines is 1. The molecule has 7 nitrogen and oxygen atoms in total. The van der Waals surface area contributed by atoms with Gasteiger partial charge in [-0.15, -0.1) is 0 Å². The van der Waals surface area contributed by atoms with Gasteiger partial charge in [0.15, 0.2) is 5.78 Å². The van der Waals surface area contributed by atoms with Crippen molar-refractivity contribution in [3.05, 3.63) is 53.3 Å². The monoisotopic (exact) mass is 315 g/mol. The number of amides is 2. The third-order valence-electron chi connectivity index (χ3n) is 3.18. The molecular formula is C16H17N3O4. The van der Waals surface area contributed by atoms with Crippen molar-refractivity contribution in [3.63, 3.8) is 0 Å². The van der Waals surface area contributed by atoms with Gasteiger partial charge in [-0.25, -0.2) is 0 Å². The lowest BCUT2D eigenvalue weighted by atomic mass is 10.2. The van der Waals surface area contributed by atoms with Gasteiger partial charge in [0, 0.05) is 24.8 Å². The van der Waals surface area contributed by atoms with E-state index in [1.165, 1.54) is 31.3 Å². The predicted molar refractivity (Wildman–Crippen MR) is 83.6 cm³/mol. The van der Waals surface area contributed by atoms with E-state index in [-0.39, 0.29) is 41.8 Å². The number of aromatic hydroxyl groups is 1. The van der Waals surface area contributed by atoms with Gasteiger partial charge in [0.1, 0.15) is 11.4 Å².